The molecule has 1 aromatic heterocycles. The number of sulfonamides is 1. The molecule has 8 heteroatoms. The average Bonchev–Trinajstić information content (AvgIpc) is 3.25. The van der Waals surface area contributed by atoms with Crippen LogP contribution in [0.5, 0.6) is 0 Å². The van der Waals surface area contributed by atoms with E-state index in [1.165, 1.54) is 11.1 Å². The molecule has 0 spiro atoms. The summed E-state index contributed by atoms with van der Waals surface area (Å²) in [5.41, 5.74) is 2.81. The van der Waals surface area contributed by atoms with Crippen LogP contribution in [0.3, 0.4) is 0 Å². The number of hydrogen-bond acceptors (Lipinski definition) is 5. The lowest BCUT2D eigenvalue weighted by Gasteiger charge is -2.28. The van der Waals surface area contributed by atoms with Crippen LogP contribution in [0.15, 0.2) is 46.0 Å². The van der Waals surface area contributed by atoms with Gasteiger partial charge in [-0.05, 0) is 41.3 Å². The van der Waals surface area contributed by atoms with Crippen molar-refractivity contribution in [2.75, 3.05) is 19.6 Å². The van der Waals surface area contributed by atoms with E-state index in [4.69, 9.17) is 0 Å². The molecule has 29 heavy (non-hydrogen) atoms. The van der Waals surface area contributed by atoms with Gasteiger partial charge in [-0.25, -0.2) is 8.42 Å². The van der Waals surface area contributed by atoms with Gasteiger partial charge in [-0.3, -0.25) is 9.69 Å². The summed E-state index contributed by atoms with van der Waals surface area (Å²) >= 11 is 1.14. The van der Waals surface area contributed by atoms with Gasteiger partial charge in [0.15, 0.2) is 0 Å². The van der Waals surface area contributed by atoms with E-state index >= 15 is 0 Å². The summed E-state index contributed by atoms with van der Waals surface area (Å²) in [6.45, 7) is 7.08. The highest BCUT2D eigenvalue weighted by Crippen LogP contribution is 2.19. The number of thiophene rings is 1. The first-order valence-corrected chi connectivity index (χ1v) is 12.4. The second-order valence-corrected chi connectivity index (χ2v) is 10.6. The fourth-order valence-electron chi connectivity index (χ4n) is 3.50. The van der Waals surface area contributed by atoms with Crippen molar-refractivity contribution in [2.24, 2.45) is 5.92 Å². The fourth-order valence-corrected chi connectivity index (χ4v) is 5.86. The van der Waals surface area contributed by atoms with E-state index in [-0.39, 0.29) is 16.0 Å². The number of fused-ring (bicyclic) bond motifs is 1. The highest BCUT2D eigenvalue weighted by molar-refractivity contribution is 7.91. The molecule has 6 nitrogen and oxygen atoms in total. The maximum absolute atomic E-state index is 12.6. The summed E-state index contributed by atoms with van der Waals surface area (Å²) in [4.78, 5) is 15.0. The van der Waals surface area contributed by atoms with Crippen LogP contribution in [0.4, 0.5) is 0 Å². The Bertz CT molecular complexity index is 911. The Balaban J connectivity index is 1.46. The Hall–Kier alpha value is -1.74. The minimum absolute atomic E-state index is 0.150. The largest absolute Gasteiger partial charge is 0.355 e. The first-order valence-electron chi connectivity index (χ1n) is 9.99. The van der Waals surface area contributed by atoms with Crippen molar-refractivity contribution in [3.63, 3.8) is 0 Å². The van der Waals surface area contributed by atoms with E-state index in [2.05, 4.69) is 39.2 Å². The zero-order chi connectivity index (χ0) is 20.9. The Morgan fingerprint density at radius 2 is 1.93 bits per heavy atom. The molecule has 0 unspecified atom stereocenters. The second kappa shape index (κ2) is 9.84. The molecule has 1 atom stereocenters. The molecule has 2 heterocycles. The SMILES string of the molecule is CC(C)[C@H](NS(=O)(=O)c1cccs1)C(=O)NCCCN1CCc2ccccc2C1. The molecule has 3 rings (SSSR count). The van der Waals surface area contributed by atoms with Crippen LogP contribution in [0.2, 0.25) is 0 Å². The summed E-state index contributed by atoms with van der Waals surface area (Å²) in [6, 6.07) is 11.0. The number of amides is 1. The Labute approximate surface area is 177 Å². The zero-order valence-corrected chi connectivity index (χ0v) is 18.6. The van der Waals surface area contributed by atoms with Crippen LogP contribution < -0.4 is 10.0 Å². The number of carbonyl (C=O) groups is 1. The molecule has 0 saturated heterocycles. The molecule has 0 fully saturated rings. The molecule has 1 aliphatic heterocycles. The molecule has 0 aliphatic carbocycles. The van der Waals surface area contributed by atoms with Crippen LogP contribution in [0, 0.1) is 5.92 Å². The fraction of sp³-hybridized carbons (Fsp3) is 0.476. The molecule has 1 aliphatic rings. The van der Waals surface area contributed by atoms with Gasteiger partial charge < -0.3 is 5.32 Å². The molecule has 0 bridgehead atoms. The lowest BCUT2D eigenvalue weighted by Crippen LogP contribution is -2.49. The highest BCUT2D eigenvalue weighted by atomic mass is 32.2. The van der Waals surface area contributed by atoms with Gasteiger partial charge in [0.2, 0.25) is 5.91 Å². The number of rotatable bonds is 9. The molecule has 2 N–H and O–H groups in total. The van der Waals surface area contributed by atoms with Crippen LogP contribution in [-0.4, -0.2) is 44.9 Å². The standard InChI is InChI=1S/C21H29N3O3S2/c1-16(2)20(23-29(26,27)19-9-5-14-28-19)21(25)22-11-6-12-24-13-10-17-7-3-4-8-18(17)15-24/h3-5,7-9,14,16,20,23H,6,10-13,15H2,1-2H3,(H,22,25)/t20-/m0/s1. The maximum atomic E-state index is 12.6. The summed E-state index contributed by atoms with van der Waals surface area (Å²) < 4.78 is 27.7. The molecular formula is C21H29N3O3S2. The van der Waals surface area contributed by atoms with Crippen molar-refractivity contribution < 1.29 is 13.2 Å². The summed E-state index contributed by atoms with van der Waals surface area (Å²) in [7, 11) is -3.68. The van der Waals surface area contributed by atoms with Crippen LogP contribution in [0.25, 0.3) is 0 Å². The number of hydrogen-bond donors (Lipinski definition) is 2. The lowest BCUT2D eigenvalue weighted by atomic mass is 10.00. The van der Waals surface area contributed by atoms with Crippen LogP contribution in [0.1, 0.15) is 31.4 Å². The molecule has 1 aromatic carbocycles. The van der Waals surface area contributed by atoms with Gasteiger partial charge in [-0.2, -0.15) is 4.72 Å². The molecule has 2 aromatic rings. The van der Waals surface area contributed by atoms with Gasteiger partial charge in [0, 0.05) is 26.2 Å². The third kappa shape index (κ3) is 5.88. The summed E-state index contributed by atoms with van der Waals surface area (Å²) in [6.07, 6.45) is 1.89. The predicted octanol–water partition coefficient (Wildman–Crippen LogP) is 2.62. The van der Waals surface area contributed by atoms with Gasteiger partial charge in [0.05, 0.1) is 0 Å². The van der Waals surface area contributed by atoms with Gasteiger partial charge in [0.1, 0.15) is 10.3 Å². The van der Waals surface area contributed by atoms with Crippen molar-refractivity contribution >= 4 is 27.3 Å². The van der Waals surface area contributed by atoms with Crippen LogP contribution >= 0.6 is 11.3 Å². The number of nitrogens with zero attached hydrogens (tertiary/aromatic N) is 1. The maximum Gasteiger partial charge on any atom is 0.250 e. The Morgan fingerprint density at radius 3 is 2.62 bits per heavy atom. The quantitative estimate of drug-likeness (QED) is 0.594. The van der Waals surface area contributed by atoms with E-state index in [1.807, 2.05) is 13.8 Å². The average molecular weight is 436 g/mol. The first kappa shape index (κ1) is 22.0. The molecule has 158 valence electrons. The molecule has 1 amide bonds. The van der Waals surface area contributed by atoms with Crippen molar-refractivity contribution in [1.82, 2.24) is 14.9 Å². The van der Waals surface area contributed by atoms with E-state index in [9.17, 15) is 13.2 Å². The highest BCUT2D eigenvalue weighted by Gasteiger charge is 2.28. The van der Waals surface area contributed by atoms with E-state index < -0.39 is 16.1 Å². The van der Waals surface area contributed by atoms with E-state index in [1.54, 1.807) is 17.5 Å². The first-order chi connectivity index (χ1) is 13.9. The van der Waals surface area contributed by atoms with Gasteiger partial charge >= 0.3 is 0 Å². The summed E-state index contributed by atoms with van der Waals surface area (Å²) in [5, 5.41) is 4.61. The topological polar surface area (TPSA) is 78.5 Å². The van der Waals surface area contributed by atoms with Crippen LogP contribution in [-0.2, 0) is 27.8 Å². The lowest BCUT2D eigenvalue weighted by molar-refractivity contribution is -0.123. The molecule has 0 saturated carbocycles. The van der Waals surface area contributed by atoms with Crippen molar-refractivity contribution in [3.05, 3.63) is 52.9 Å². The van der Waals surface area contributed by atoms with Crippen molar-refractivity contribution in [2.45, 2.75) is 43.5 Å². The van der Waals surface area contributed by atoms with E-state index in [0.717, 1.165) is 43.8 Å². The number of carbonyl (C=O) groups excluding carboxylic acids is 1. The second-order valence-electron chi connectivity index (χ2n) is 7.71. The normalized spacial score (nSPS) is 15.8. The predicted molar refractivity (Wildman–Crippen MR) is 116 cm³/mol. The smallest absolute Gasteiger partial charge is 0.250 e. The minimum Gasteiger partial charge on any atom is -0.355 e. The van der Waals surface area contributed by atoms with Crippen molar-refractivity contribution in [1.29, 1.82) is 0 Å². The zero-order valence-electron chi connectivity index (χ0n) is 16.9. The summed E-state index contributed by atoms with van der Waals surface area (Å²) in [5.74, 6) is -0.424. The van der Waals surface area contributed by atoms with Gasteiger partial charge in [0.25, 0.3) is 10.0 Å². The van der Waals surface area contributed by atoms with Crippen molar-refractivity contribution in [3.8, 4) is 0 Å². The number of benzene rings is 1. The number of nitrogens with one attached hydrogen (secondary N) is 2. The van der Waals surface area contributed by atoms with E-state index in [0.29, 0.717) is 6.54 Å². The monoisotopic (exact) mass is 435 g/mol. The minimum atomic E-state index is -3.68. The van der Waals surface area contributed by atoms with Gasteiger partial charge in [-0.15, -0.1) is 11.3 Å². The third-order valence-corrected chi connectivity index (χ3v) is 7.99. The van der Waals surface area contributed by atoms with Gasteiger partial charge in [-0.1, -0.05) is 44.2 Å². The molecular weight excluding hydrogens is 406 g/mol. The Kier molecular flexibility index (Phi) is 7.45. The Morgan fingerprint density at radius 1 is 1.17 bits per heavy atom. The third-order valence-electron chi connectivity index (χ3n) is 5.15. The molecule has 0 radical (unpaired) electrons.